The third-order valence-electron chi connectivity index (χ3n) is 4.33. The fourth-order valence-electron chi connectivity index (χ4n) is 2.88. The molecule has 1 N–H and O–H groups in total. The van der Waals surface area contributed by atoms with Crippen LogP contribution in [0.2, 0.25) is 0 Å². The summed E-state index contributed by atoms with van der Waals surface area (Å²) in [6.45, 7) is 8.28. The molecule has 0 radical (unpaired) electrons. The predicted molar refractivity (Wildman–Crippen MR) is 105 cm³/mol. The zero-order chi connectivity index (χ0) is 17.6. The lowest BCUT2D eigenvalue weighted by Gasteiger charge is -2.28. The fourth-order valence-corrected chi connectivity index (χ4v) is 4.03. The summed E-state index contributed by atoms with van der Waals surface area (Å²) in [7, 11) is 0. The quantitative estimate of drug-likeness (QED) is 0.848. The first-order chi connectivity index (χ1) is 12.1. The van der Waals surface area contributed by atoms with Crippen LogP contribution in [0.25, 0.3) is 11.1 Å². The van der Waals surface area contributed by atoms with Crippen molar-refractivity contribution in [1.29, 1.82) is 0 Å². The monoisotopic (exact) mass is 358 g/mol. The highest BCUT2D eigenvalue weighted by Gasteiger charge is 2.21. The number of benzene rings is 1. The van der Waals surface area contributed by atoms with Crippen LogP contribution in [0.4, 0.5) is 5.00 Å². The second kappa shape index (κ2) is 8.50. The van der Waals surface area contributed by atoms with Gasteiger partial charge in [0.05, 0.1) is 23.1 Å². The highest BCUT2D eigenvalue weighted by Crippen LogP contribution is 2.39. The van der Waals surface area contributed by atoms with Crippen molar-refractivity contribution in [2.45, 2.75) is 20.3 Å². The van der Waals surface area contributed by atoms with Gasteiger partial charge in [0.25, 0.3) is 5.91 Å². The van der Waals surface area contributed by atoms with E-state index >= 15 is 0 Å². The van der Waals surface area contributed by atoms with Gasteiger partial charge in [-0.05, 0) is 24.0 Å². The number of nitrogens with one attached hydrogen (secondary N) is 1. The molecule has 2 heterocycles. The largest absolute Gasteiger partial charge is 0.378 e. The van der Waals surface area contributed by atoms with Crippen LogP contribution in [-0.2, 0) is 4.74 Å². The van der Waals surface area contributed by atoms with Gasteiger partial charge in [-0.1, -0.05) is 44.2 Å². The van der Waals surface area contributed by atoms with E-state index in [9.17, 15) is 4.79 Å². The first-order valence-electron chi connectivity index (χ1n) is 8.95. The average molecular weight is 359 g/mol. The van der Waals surface area contributed by atoms with E-state index < -0.39 is 0 Å². The summed E-state index contributed by atoms with van der Waals surface area (Å²) in [6.07, 6.45) is 0.999. The highest BCUT2D eigenvalue weighted by atomic mass is 32.1. The molecule has 0 aliphatic carbocycles. The van der Waals surface area contributed by atoms with Crippen molar-refractivity contribution in [3.8, 4) is 11.1 Å². The fraction of sp³-hybridized carbons (Fsp3) is 0.450. The summed E-state index contributed by atoms with van der Waals surface area (Å²) in [5, 5.41) is 4.22. The van der Waals surface area contributed by atoms with Gasteiger partial charge in [0.15, 0.2) is 0 Å². The van der Waals surface area contributed by atoms with Crippen molar-refractivity contribution < 1.29 is 9.53 Å². The van der Waals surface area contributed by atoms with Gasteiger partial charge < -0.3 is 15.0 Å². The minimum atomic E-state index is 0.0299. The molecular weight excluding hydrogens is 332 g/mol. The lowest BCUT2D eigenvalue weighted by molar-refractivity contribution is 0.0956. The van der Waals surface area contributed by atoms with E-state index in [-0.39, 0.29) is 5.91 Å². The summed E-state index contributed by atoms with van der Waals surface area (Å²) in [5.41, 5.74) is 2.29. The van der Waals surface area contributed by atoms with Crippen molar-refractivity contribution in [3.05, 3.63) is 41.3 Å². The number of ether oxygens (including phenoxy) is 1. The van der Waals surface area contributed by atoms with Crippen LogP contribution in [-0.4, -0.2) is 38.8 Å². The average Bonchev–Trinajstić information content (AvgIpc) is 3.08. The number of carbonyl (C=O) groups excluding carboxylic acids is 1. The lowest BCUT2D eigenvalue weighted by atomic mass is 10.1. The zero-order valence-corrected chi connectivity index (χ0v) is 15.8. The maximum atomic E-state index is 12.6. The van der Waals surface area contributed by atoms with E-state index in [1.165, 1.54) is 5.00 Å². The van der Waals surface area contributed by atoms with Crippen LogP contribution in [0.3, 0.4) is 0 Å². The van der Waals surface area contributed by atoms with Gasteiger partial charge in [-0.15, -0.1) is 11.3 Å². The number of morpholine rings is 1. The second-order valence-electron chi connectivity index (χ2n) is 6.73. The molecule has 0 bridgehead atoms. The van der Waals surface area contributed by atoms with Crippen LogP contribution in [0.5, 0.6) is 0 Å². The molecule has 2 aromatic rings. The Morgan fingerprint density at radius 3 is 2.64 bits per heavy atom. The van der Waals surface area contributed by atoms with Crippen molar-refractivity contribution in [1.82, 2.24) is 5.32 Å². The molecular formula is C20H26N2O2S. The van der Waals surface area contributed by atoms with Crippen LogP contribution in [0.1, 0.15) is 29.9 Å². The van der Waals surface area contributed by atoms with Gasteiger partial charge in [-0.2, -0.15) is 0 Å². The number of hydrogen-bond acceptors (Lipinski definition) is 4. The van der Waals surface area contributed by atoms with Gasteiger partial charge in [-0.25, -0.2) is 0 Å². The highest BCUT2D eigenvalue weighted by molar-refractivity contribution is 7.18. The van der Waals surface area contributed by atoms with E-state index in [0.29, 0.717) is 5.92 Å². The molecule has 1 aliphatic heterocycles. The molecule has 1 saturated heterocycles. The zero-order valence-electron chi connectivity index (χ0n) is 15.0. The molecule has 0 atom stereocenters. The van der Waals surface area contributed by atoms with Crippen molar-refractivity contribution in [3.63, 3.8) is 0 Å². The van der Waals surface area contributed by atoms with E-state index in [4.69, 9.17) is 4.74 Å². The molecule has 134 valence electrons. The molecule has 0 unspecified atom stereocenters. The van der Waals surface area contributed by atoms with Crippen LogP contribution in [0, 0.1) is 5.92 Å². The first kappa shape index (κ1) is 18.0. The number of thiophene rings is 1. The summed E-state index contributed by atoms with van der Waals surface area (Å²) < 4.78 is 5.48. The molecule has 1 aromatic heterocycles. The predicted octanol–water partition coefficient (Wildman–Crippen LogP) is 4.03. The third-order valence-corrected chi connectivity index (χ3v) is 5.52. The number of amides is 1. The van der Waals surface area contributed by atoms with E-state index in [2.05, 4.69) is 36.2 Å². The number of anilines is 1. The van der Waals surface area contributed by atoms with Gasteiger partial charge in [-0.3, -0.25) is 4.79 Å². The maximum Gasteiger partial charge on any atom is 0.261 e. The van der Waals surface area contributed by atoms with E-state index in [1.807, 2.05) is 24.3 Å². The molecule has 1 aromatic carbocycles. The summed E-state index contributed by atoms with van der Waals surface area (Å²) >= 11 is 1.59. The molecule has 0 spiro atoms. The van der Waals surface area contributed by atoms with E-state index in [1.54, 1.807) is 11.3 Å². The lowest BCUT2D eigenvalue weighted by Crippen LogP contribution is -2.35. The van der Waals surface area contributed by atoms with Gasteiger partial charge >= 0.3 is 0 Å². The van der Waals surface area contributed by atoms with Crippen LogP contribution in [0.15, 0.2) is 36.4 Å². The Morgan fingerprint density at radius 2 is 1.96 bits per heavy atom. The molecule has 1 amide bonds. The SMILES string of the molecule is CC(C)CCNC(=O)c1cc(-c2ccccc2)c(N2CCOCC2)s1. The Kier molecular flexibility index (Phi) is 6.10. The Labute approximate surface area is 153 Å². The van der Waals surface area contributed by atoms with Gasteiger partial charge in [0.1, 0.15) is 0 Å². The Hall–Kier alpha value is -1.85. The maximum absolute atomic E-state index is 12.6. The molecule has 3 rings (SSSR count). The number of nitrogens with zero attached hydrogens (tertiary/aromatic N) is 1. The smallest absolute Gasteiger partial charge is 0.261 e. The Balaban J connectivity index is 1.85. The molecule has 4 nitrogen and oxygen atoms in total. The molecule has 0 saturated carbocycles. The van der Waals surface area contributed by atoms with Crippen molar-refractivity contribution in [2.75, 3.05) is 37.7 Å². The van der Waals surface area contributed by atoms with Crippen LogP contribution < -0.4 is 10.2 Å². The van der Waals surface area contributed by atoms with Crippen molar-refractivity contribution in [2.24, 2.45) is 5.92 Å². The summed E-state index contributed by atoms with van der Waals surface area (Å²) in [6, 6.07) is 12.3. The van der Waals surface area contributed by atoms with Gasteiger partial charge in [0.2, 0.25) is 0 Å². The summed E-state index contributed by atoms with van der Waals surface area (Å²) in [4.78, 5) is 15.7. The molecule has 5 heteroatoms. The summed E-state index contributed by atoms with van der Waals surface area (Å²) in [5.74, 6) is 0.620. The molecule has 1 fully saturated rings. The minimum Gasteiger partial charge on any atom is -0.378 e. The number of hydrogen-bond donors (Lipinski definition) is 1. The van der Waals surface area contributed by atoms with E-state index in [0.717, 1.165) is 55.3 Å². The Bertz CT molecular complexity index is 691. The molecule has 25 heavy (non-hydrogen) atoms. The standard InChI is InChI=1S/C20H26N2O2S/c1-15(2)8-9-21-19(23)18-14-17(16-6-4-3-5-7-16)20(25-18)22-10-12-24-13-11-22/h3-7,14-15H,8-13H2,1-2H3,(H,21,23). The molecule has 1 aliphatic rings. The minimum absolute atomic E-state index is 0.0299. The third kappa shape index (κ3) is 4.61. The number of rotatable bonds is 6. The first-order valence-corrected chi connectivity index (χ1v) is 9.77. The number of carbonyl (C=O) groups is 1. The second-order valence-corrected chi connectivity index (χ2v) is 7.76. The van der Waals surface area contributed by atoms with Gasteiger partial charge in [0, 0.05) is 25.2 Å². The normalized spacial score (nSPS) is 14.8. The topological polar surface area (TPSA) is 41.6 Å². The van der Waals surface area contributed by atoms with Crippen molar-refractivity contribution >= 4 is 22.2 Å². The van der Waals surface area contributed by atoms with Crippen LogP contribution >= 0.6 is 11.3 Å². The Morgan fingerprint density at radius 1 is 1.24 bits per heavy atom.